The molecule has 0 spiro atoms. The van der Waals surface area contributed by atoms with Crippen molar-refractivity contribution >= 4 is 23.5 Å². The average Bonchev–Trinajstić information content (AvgIpc) is 2.56. The molecule has 126 valence electrons. The lowest BCUT2D eigenvalue weighted by Crippen LogP contribution is -2.40. The molecular formula is C15H20N2O6. The molecule has 2 amide bonds. The van der Waals surface area contributed by atoms with Crippen molar-refractivity contribution in [2.45, 2.75) is 13.2 Å². The van der Waals surface area contributed by atoms with Crippen LogP contribution in [0.15, 0.2) is 24.3 Å². The number of esters is 1. The van der Waals surface area contributed by atoms with Gasteiger partial charge in [-0.1, -0.05) is 0 Å². The smallest absolute Gasteiger partial charge is 0.338 e. The van der Waals surface area contributed by atoms with Crippen molar-refractivity contribution in [3.8, 4) is 0 Å². The van der Waals surface area contributed by atoms with E-state index in [4.69, 9.17) is 14.2 Å². The molecule has 0 heterocycles. The number of rotatable bonds is 7. The number of ether oxygens (including phenoxy) is 3. The second-order valence-corrected chi connectivity index (χ2v) is 4.36. The van der Waals surface area contributed by atoms with Gasteiger partial charge in [-0.2, -0.15) is 0 Å². The monoisotopic (exact) mass is 324 g/mol. The van der Waals surface area contributed by atoms with Gasteiger partial charge in [0.1, 0.15) is 0 Å². The van der Waals surface area contributed by atoms with E-state index in [1.807, 2.05) is 0 Å². The SMILES string of the molecule is CCOC(=O)c1ccc(NC(=O)C(=O)NCC(OC)OC)cc1. The number of hydrogen-bond acceptors (Lipinski definition) is 6. The zero-order valence-electron chi connectivity index (χ0n) is 13.3. The highest BCUT2D eigenvalue weighted by molar-refractivity contribution is 6.39. The molecular weight excluding hydrogens is 304 g/mol. The molecule has 0 atom stereocenters. The maximum atomic E-state index is 11.7. The third kappa shape index (κ3) is 6.05. The molecule has 0 aliphatic heterocycles. The molecule has 0 radical (unpaired) electrons. The molecule has 0 aliphatic rings. The Morgan fingerprint density at radius 2 is 1.65 bits per heavy atom. The van der Waals surface area contributed by atoms with E-state index in [1.165, 1.54) is 38.5 Å². The van der Waals surface area contributed by atoms with Crippen molar-refractivity contribution in [3.05, 3.63) is 29.8 Å². The van der Waals surface area contributed by atoms with Gasteiger partial charge in [-0.05, 0) is 31.2 Å². The molecule has 1 rings (SSSR count). The molecule has 0 aromatic heterocycles. The standard InChI is InChI=1S/C15H20N2O6/c1-4-23-15(20)10-5-7-11(8-6-10)17-14(19)13(18)16-9-12(21-2)22-3/h5-8,12H,4,9H2,1-3H3,(H,16,18)(H,17,19). The third-order valence-corrected chi connectivity index (χ3v) is 2.82. The van der Waals surface area contributed by atoms with Gasteiger partial charge in [0.15, 0.2) is 6.29 Å². The van der Waals surface area contributed by atoms with Gasteiger partial charge in [0.05, 0.1) is 18.7 Å². The first kappa shape index (κ1) is 18.6. The predicted molar refractivity (Wildman–Crippen MR) is 81.8 cm³/mol. The van der Waals surface area contributed by atoms with Crippen LogP contribution in [0.2, 0.25) is 0 Å². The Balaban J connectivity index is 2.53. The van der Waals surface area contributed by atoms with Crippen molar-refractivity contribution < 1.29 is 28.6 Å². The molecule has 2 N–H and O–H groups in total. The molecule has 0 aliphatic carbocycles. The van der Waals surface area contributed by atoms with E-state index in [0.717, 1.165) is 0 Å². The molecule has 1 aromatic rings. The fourth-order valence-electron chi connectivity index (χ4n) is 1.61. The molecule has 0 bridgehead atoms. The predicted octanol–water partition coefficient (Wildman–Crippen LogP) is 0.537. The molecule has 8 nitrogen and oxygen atoms in total. The van der Waals surface area contributed by atoms with E-state index in [0.29, 0.717) is 11.3 Å². The summed E-state index contributed by atoms with van der Waals surface area (Å²) >= 11 is 0. The lowest BCUT2D eigenvalue weighted by molar-refractivity contribution is -0.139. The van der Waals surface area contributed by atoms with Gasteiger partial charge in [0.2, 0.25) is 0 Å². The molecule has 0 unspecified atom stereocenters. The summed E-state index contributed by atoms with van der Waals surface area (Å²) in [4.78, 5) is 34.9. The van der Waals surface area contributed by atoms with E-state index >= 15 is 0 Å². The van der Waals surface area contributed by atoms with Crippen LogP contribution in [0.1, 0.15) is 17.3 Å². The summed E-state index contributed by atoms with van der Waals surface area (Å²) in [5.41, 5.74) is 0.741. The number of anilines is 1. The van der Waals surface area contributed by atoms with Gasteiger partial charge in [-0.3, -0.25) is 9.59 Å². The minimum atomic E-state index is -0.833. The van der Waals surface area contributed by atoms with Crippen molar-refractivity contribution in [3.63, 3.8) is 0 Å². The molecule has 23 heavy (non-hydrogen) atoms. The van der Waals surface area contributed by atoms with Gasteiger partial charge >= 0.3 is 17.8 Å². The van der Waals surface area contributed by atoms with Crippen molar-refractivity contribution in [1.29, 1.82) is 0 Å². The van der Waals surface area contributed by atoms with Crippen LogP contribution in [0.4, 0.5) is 5.69 Å². The zero-order valence-corrected chi connectivity index (χ0v) is 13.3. The minimum Gasteiger partial charge on any atom is -0.462 e. The second-order valence-electron chi connectivity index (χ2n) is 4.36. The Bertz CT molecular complexity index is 539. The highest BCUT2D eigenvalue weighted by atomic mass is 16.7. The first-order valence-corrected chi connectivity index (χ1v) is 6.93. The Labute approximate surface area is 134 Å². The molecule has 0 fully saturated rings. The highest BCUT2D eigenvalue weighted by Gasteiger charge is 2.16. The summed E-state index contributed by atoms with van der Waals surface area (Å²) in [5.74, 6) is -2.10. The summed E-state index contributed by atoms with van der Waals surface area (Å²) in [6.45, 7) is 2.03. The van der Waals surface area contributed by atoms with Crippen LogP contribution in [-0.4, -0.2) is 51.4 Å². The number of carbonyl (C=O) groups is 3. The Morgan fingerprint density at radius 1 is 1.04 bits per heavy atom. The molecule has 1 aromatic carbocycles. The summed E-state index contributed by atoms with van der Waals surface area (Å²) in [5, 5.41) is 4.79. The lowest BCUT2D eigenvalue weighted by Gasteiger charge is -2.13. The lowest BCUT2D eigenvalue weighted by atomic mass is 10.2. The molecule has 0 saturated heterocycles. The number of nitrogens with one attached hydrogen (secondary N) is 2. The summed E-state index contributed by atoms with van der Waals surface area (Å²) in [6, 6.07) is 6.00. The summed E-state index contributed by atoms with van der Waals surface area (Å²) < 4.78 is 14.6. The van der Waals surface area contributed by atoms with Crippen LogP contribution in [0.25, 0.3) is 0 Å². The number of methoxy groups -OCH3 is 2. The van der Waals surface area contributed by atoms with E-state index in [1.54, 1.807) is 6.92 Å². The van der Waals surface area contributed by atoms with E-state index < -0.39 is 24.1 Å². The first-order valence-electron chi connectivity index (χ1n) is 6.93. The van der Waals surface area contributed by atoms with Crippen molar-refractivity contribution in [2.75, 3.05) is 32.7 Å². The Morgan fingerprint density at radius 3 is 2.17 bits per heavy atom. The van der Waals surface area contributed by atoms with Crippen molar-refractivity contribution in [2.24, 2.45) is 0 Å². The second kappa shape index (κ2) is 9.54. The summed E-state index contributed by atoms with van der Waals surface area (Å²) in [7, 11) is 2.84. The van der Waals surface area contributed by atoms with E-state index in [-0.39, 0.29) is 13.2 Å². The maximum Gasteiger partial charge on any atom is 0.338 e. The average molecular weight is 324 g/mol. The van der Waals surface area contributed by atoms with Gasteiger partial charge in [-0.25, -0.2) is 4.79 Å². The largest absolute Gasteiger partial charge is 0.462 e. The normalized spacial score (nSPS) is 10.3. The highest BCUT2D eigenvalue weighted by Crippen LogP contribution is 2.10. The maximum absolute atomic E-state index is 11.7. The van der Waals surface area contributed by atoms with Gasteiger partial charge in [0.25, 0.3) is 0 Å². The van der Waals surface area contributed by atoms with Gasteiger partial charge in [-0.15, -0.1) is 0 Å². The quantitative estimate of drug-likeness (QED) is 0.431. The van der Waals surface area contributed by atoms with Crippen LogP contribution in [-0.2, 0) is 23.8 Å². The van der Waals surface area contributed by atoms with Crippen LogP contribution in [0, 0.1) is 0 Å². The fraction of sp³-hybridized carbons (Fsp3) is 0.400. The Kier molecular flexibility index (Phi) is 7.72. The summed E-state index contributed by atoms with van der Waals surface area (Å²) in [6.07, 6.45) is -0.629. The molecule has 0 saturated carbocycles. The topological polar surface area (TPSA) is 103 Å². The third-order valence-electron chi connectivity index (χ3n) is 2.82. The van der Waals surface area contributed by atoms with Crippen LogP contribution >= 0.6 is 0 Å². The van der Waals surface area contributed by atoms with E-state index in [2.05, 4.69) is 10.6 Å². The number of hydrogen-bond donors (Lipinski definition) is 2. The molecule has 8 heteroatoms. The van der Waals surface area contributed by atoms with Gasteiger partial charge < -0.3 is 24.8 Å². The van der Waals surface area contributed by atoms with E-state index in [9.17, 15) is 14.4 Å². The number of carbonyl (C=O) groups excluding carboxylic acids is 3. The number of benzene rings is 1. The number of amides is 2. The van der Waals surface area contributed by atoms with Crippen LogP contribution in [0.3, 0.4) is 0 Å². The van der Waals surface area contributed by atoms with Crippen LogP contribution in [0.5, 0.6) is 0 Å². The first-order chi connectivity index (χ1) is 11.0. The van der Waals surface area contributed by atoms with Crippen molar-refractivity contribution in [1.82, 2.24) is 5.32 Å². The zero-order chi connectivity index (χ0) is 17.2. The van der Waals surface area contributed by atoms with Crippen LogP contribution < -0.4 is 10.6 Å². The Hall–Kier alpha value is -2.45. The van der Waals surface area contributed by atoms with Gasteiger partial charge in [0, 0.05) is 19.9 Å². The minimum absolute atomic E-state index is 0.0427. The fourth-order valence-corrected chi connectivity index (χ4v) is 1.61.